The van der Waals surface area contributed by atoms with E-state index in [-0.39, 0.29) is 17.6 Å². The highest BCUT2D eigenvalue weighted by Gasteiger charge is 2.50. The minimum Gasteiger partial charge on any atom is -0.466 e. The van der Waals surface area contributed by atoms with Crippen LogP contribution in [0.3, 0.4) is 0 Å². The van der Waals surface area contributed by atoms with Gasteiger partial charge in [0.15, 0.2) is 0 Å². The van der Waals surface area contributed by atoms with E-state index in [0.717, 1.165) is 97.7 Å². The van der Waals surface area contributed by atoms with Crippen LogP contribution in [-0.2, 0) is 28.9 Å². The average molecular weight is 583 g/mol. The van der Waals surface area contributed by atoms with Crippen molar-refractivity contribution in [2.24, 2.45) is 5.41 Å². The summed E-state index contributed by atoms with van der Waals surface area (Å²) in [7, 11) is 0. The lowest BCUT2D eigenvalue weighted by molar-refractivity contribution is -0.161. The summed E-state index contributed by atoms with van der Waals surface area (Å²) in [6, 6.07) is 16.4. The molecule has 4 aromatic rings. The Morgan fingerprint density at radius 1 is 1.00 bits per heavy atom. The van der Waals surface area contributed by atoms with Crippen molar-refractivity contribution in [1.82, 2.24) is 30.0 Å². The van der Waals surface area contributed by atoms with Gasteiger partial charge < -0.3 is 4.74 Å². The first-order valence-corrected chi connectivity index (χ1v) is 16.0. The zero-order chi connectivity index (χ0) is 29.8. The average Bonchev–Trinajstić information content (AvgIpc) is 3.57. The van der Waals surface area contributed by atoms with E-state index < -0.39 is 5.41 Å². The topological polar surface area (TPSA) is 108 Å². The highest BCUT2D eigenvalue weighted by atomic mass is 16.5. The molecule has 1 saturated carbocycles. The van der Waals surface area contributed by atoms with Crippen LogP contribution >= 0.6 is 0 Å². The highest BCUT2D eigenvalue weighted by Crippen LogP contribution is 2.49. The number of fused-ring (bicyclic) bond motifs is 1. The summed E-state index contributed by atoms with van der Waals surface area (Å²) in [6.45, 7) is 5.13. The molecule has 43 heavy (non-hydrogen) atoms. The van der Waals surface area contributed by atoms with Gasteiger partial charge in [-0.05, 0) is 60.9 Å². The first-order chi connectivity index (χ1) is 21.1. The van der Waals surface area contributed by atoms with E-state index in [4.69, 9.17) is 4.74 Å². The summed E-state index contributed by atoms with van der Waals surface area (Å²) < 4.78 is 9.99. The molecule has 1 unspecified atom stereocenters. The van der Waals surface area contributed by atoms with Crippen molar-refractivity contribution >= 4 is 5.97 Å². The maximum atomic E-state index is 14.1. The second-order valence-corrected chi connectivity index (χ2v) is 12.1. The van der Waals surface area contributed by atoms with Crippen LogP contribution < -0.4 is 5.56 Å². The van der Waals surface area contributed by atoms with Gasteiger partial charge in [-0.3, -0.25) is 14.3 Å². The fourth-order valence-corrected chi connectivity index (χ4v) is 7.49. The van der Waals surface area contributed by atoms with Gasteiger partial charge in [0.05, 0.1) is 18.1 Å². The van der Waals surface area contributed by atoms with E-state index >= 15 is 0 Å². The number of H-pyrrole nitrogens is 1. The molecule has 1 atom stereocenters. The summed E-state index contributed by atoms with van der Waals surface area (Å²) >= 11 is 0. The third-order valence-electron chi connectivity index (χ3n) is 9.48. The number of aromatic nitrogens is 6. The number of nitrogens with one attached hydrogen (secondary N) is 1. The minimum atomic E-state index is -0.576. The molecule has 0 radical (unpaired) electrons. The molecule has 0 saturated heterocycles. The van der Waals surface area contributed by atoms with Crippen LogP contribution in [0.2, 0.25) is 0 Å². The maximum Gasteiger partial charge on any atom is 0.314 e. The van der Waals surface area contributed by atoms with Crippen LogP contribution in [-0.4, -0.2) is 42.6 Å². The van der Waals surface area contributed by atoms with Gasteiger partial charge in [-0.25, -0.2) is 4.68 Å². The third kappa shape index (κ3) is 5.45. The van der Waals surface area contributed by atoms with E-state index in [1.165, 1.54) is 0 Å². The molecule has 1 N–H and O–H groups in total. The molecule has 3 heterocycles. The smallest absolute Gasteiger partial charge is 0.314 e. The first-order valence-electron chi connectivity index (χ1n) is 16.0. The highest BCUT2D eigenvalue weighted by molar-refractivity contribution is 5.80. The van der Waals surface area contributed by atoms with Gasteiger partial charge in [0.2, 0.25) is 5.82 Å². The SMILES string of the molecule is CCCc1c(Cc2ccc(-c3ccccc3-c3nn[nH]n3)cc2)c(=O)n2n1C(C1(C(=O)OCC)CCCCCC1)CCC2. The van der Waals surface area contributed by atoms with Crippen molar-refractivity contribution in [3.63, 3.8) is 0 Å². The third-order valence-corrected chi connectivity index (χ3v) is 9.48. The Morgan fingerprint density at radius 3 is 2.42 bits per heavy atom. The monoisotopic (exact) mass is 582 g/mol. The molecule has 1 fully saturated rings. The molecule has 2 aromatic carbocycles. The molecule has 0 amide bonds. The Kier molecular flexibility index (Phi) is 8.58. The molecule has 2 aromatic heterocycles. The number of carbonyl (C=O) groups excluding carboxylic acids is 1. The molecule has 0 bridgehead atoms. The van der Waals surface area contributed by atoms with Gasteiger partial charge in [-0.2, -0.15) is 5.21 Å². The fraction of sp³-hybridized carbons (Fsp3) is 0.500. The zero-order valence-electron chi connectivity index (χ0n) is 25.3. The lowest BCUT2D eigenvalue weighted by atomic mass is 9.71. The predicted molar refractivity (Wildman–Crippen MR) is 166 cm³/mol. The summed E-state index contributed by atoms with van der Waals surface area (Å²) in [4.78, 5) is 27.8. The summed E-state index contributed by atoms with van der Waals surface area (Å²) in [5, 5.41) is 14.6. The van der Waals surface area contributed by atoms with E-state index in [9.17, 15) is 9.59 Å². The number of tetrazole rings is 1. The van der Waals surface area contributed by atoms with Crippen LogP contribution in [0.25, 0.3) is 22.5 Å². The number of ether oxygens (including phenoxy) is 1. The molecule has 1 aliphatic heterocycles. The van der Waals surface area contributed by atoms with E-state index in [2.05, 4.69) is 62.6 Å². The lowest BCUT2D eigenvalue weighted by Crippen LogP contribution is -2.46. The van der Waals surface area contributed by atoms with Gasteiger partial charge in [0, 0.05) is 29.8 Å². The molecule has 6 rings (SSSR count). The Morgan fingerprint density at radius 2 is 1.74 bits per heavy atom. The first kappa shape index (κ1) is 29.1. The normalized spacial score (nSPS) is 18.1. The van der Waals surface area contributed by atoms with Crippen molar-refractivity contribution in [3.05, 3.63) is 75.7 Å². The molecule has 2 aliphatic rings. The number of aromatic amines is 1. The van der Waals surface area contributed by atoms with Crippen molar-refractivity contribution in [2.75, 3.05) is 6.61 Å². The van der Waals surface area contributed by atoms with Crippen LogP contribution in [0.5, 0.6) is 0 Å². The van der Waals surface area contributed by atoms with Crippen molar-refractivity contribution in [2.45, 2.75) is 97.1 Å². The van der Waals surface area contributed by atoms with E-state index in [0.29, 0.717) is 25.4 Å². The quantitative estimate of drug-likeness (QED) is 0.184. The largest absolute Gasteiger partial charge is 0.466 e. The number of hydrogen-bond donors (Lipinski definition) is 1. The maximum absolute atomic E-state index is 14.1. The van der Waals surface area contributed by atoms with Crippen molar-refractivity contribution in [1.29, 1.82) is 0 Å². The lowest BCUT2D eigenvalue weighted by Gasteiger charge is -2.42. The predicted octanol–water partition coefficient (Wildman–Crippen LogP) is 6.28. The minimum absolute atomic E-state index is 0.0505. The Labute approximate surface area is 252 Å². The molecule has 9 heteroatoms. The van der Waals surface area contributed by atoms with Crippen molar-refractivity contribution < 1.29 is 9.53 Å². The number of carbonyl (C=O) groups is 1. The summed E-state index contributed by atoms with van der Waals surface area (Å²) in [5.41, 5.74) is 5.55. The standard InChI is InChI=1S/C34H42N6O3/c1-3-12-29-28(23-24-16-18-25(19-17-24)26-13-7-8-14-27(26)31-35-37-38-36-31)32(41)39-22-11-15-30(40(29)39)34(33(42)43-4-2)20-9-5-6-10-21-34/h7-8,13-14,16-19,30H,3-6,9-12,15,20-23H2,1-2H3,(H,35,36,37,38). The number of benzene rings is 2. The van der Waals surface area contributed by atoms with Crippen molar-refractivity contribution in [3.8, 4) is 22.5 Å². The number of rotatable bonds is 9. The van der Waals surface area contributed by atoms with E-state index in [1.807, 2.05) is 29.8 Å². The van der Waals surface area contributed by atoms with Gasteiger partial charge >= 0.3 is 5.97 Å². The van der Waals surface area contributed by atoms with Gasteiger partial charge in [0.1, 0.15) is 0 Å². The summed E-state index contributed by atoms with van der Waals surface area (Å²) in [6.07, 6.45) is 10.1. The molecule has 9 nitrogen and oxygen atoms in total. The second kappa shape index (κ2) is 12.7. The molecule has 0 spiro atoms. The zero-order valence-corrected chi connectivity index (χ0v) is 25.3. The Balaban J connectivity index is 1.37. The van der Waals surface area contributed by atoms with Gasteiger partial charge in [-0.1, -0.05) is 87.6 Å². The summed E-state index contributed by atoms with van der Waals surface area (Å²) in [5.74, 6) is 0.484. The van der Waals surface area contributed by atoms with Crippen LogP contribution in [0.1, 0.15) is 94.5 Å². The van der Waals surface area contributed by atoms with Crippen LogP contribution in [0, 0.1) is 5.41 Å². The molecular formula is C34H42N6O3. The fourth-order valence-electron chi connectivity index (χ4n) is 7.49. The van der Waals surface area contributed by atoms with Gasteiger partial charge in [-0.15, -0.1) is 10.2 Å². The van der Waals surface area contributed by atoms with Crippen LogP contribution in [0.15, 0.2) is 53.3 Å². The number of nitrogens with zero attached hydrogens (tertiary/aromatic N) is 5. The number of esters is 1. The Bertz CT molecular complexity index is 1590. The van der Waals surface area contributed by atoms with E-state index in [1.54, 1.807) is 0 Å². The molecule has 1 aliphatic carbocycles. The molecular weight excluding hydrogens is 540 g/mol. The van der Waals surface area contributed by atoms with Crippen LogP contribution in [0.4, 0.5) is 0 Å². The number of hydrogen-bond acceptors (Lipinski definition) is 6. The molecule has 226 valence electrons. The van der Waals surface area contributed by atoms with Gasteiger partial charge in [0.25, 0.3) is 5.56 Å². The Hall–Kier alpha value is -4.01. The second-order valence-electron chi connectivity index (χ2n) is 12.1.